The average Bonchev–Trinajstić information content (AvgIpc) is 2.11. The zero-order chi connectivity index (χ0) is 13.1. The molecule has 0 saturated carbocycles. The van der Waals surface area contributed by atoms with Crippen LogP contribution in [0.1, 0.15) is 27.2 Å². The number of rotatable bonds is 6. The van der Waals surface area contributed by atoms with Gasteiger partial charge in [0.15, 0.2) is 5.60 Å². The van der Waals surface area contributed by atoms with Crippen molar-refractivity contribution in [3.8, 4) is 0 Å². The van der Waals surface area contributed by atoms with Crippen LogP contribution in [-0.2, 0) is 14.4 Å². The van der Waals surface area contributed by atoms with E-state index in [2.05, 4.69) is 0 Å². The van der Waals surface area contributed by atoms with Gasteiger partial charge in [0.1, 0.15) is 5.78 Å². The molecule has 0 aliphatic heterocycles. The number of carboxylic acids is 2. The number of carbonyl (C=O) groups is 3. The zero-order valence-corrected chi connectivity index (χ0v) is 9.43. The third-order valence-corrected chi connectivity index (χ3v) is 2.62. The molecule has 6 nitrogen and oxygen atoms in total. The van der Waals surface area contributed by atoms with Crippen molar-refractivity contribution in [2.75, 3.05) is 0 Å². The summed E-state index contributed by atoms with van der Waals surface area (Å²) in [5.74, 6) is -5.76. The van der Waals surface area contributed by atoms with E-state index in [4.69, 9.17) is 10.2 Å². The molecular weight excluding hydrogens is 216 g/mol. The summed E-state index contributed by atoms with van der Waals surface area (Å²) < 4.78 is 0. The molecule has 0 bridgehead atoms. The number of hydrogen-bond donors (Lipinski definition) is 3. The summed E-state index contributed by atoms with van der Waals surface area (Å²) in [5.41, 5.74) is -2.34. The summed E-state index contributed by atoms with van der Waals surface area (Å²) >= 11 is 0. The van der Waals surface area contributed by atoms with Crippen molar-refractivity contribution in [1.82, 2.24) is 0 Å². The van der Waals surface area contributed by atoms with Gasteiger partial charge in [-0.25, -0.2) is 4.79 Å². The van der Waals surface area contributed by atoms with E-state index in [0.717, 1.165) is 6.92 Å². The third-order valence-electron chi connectivity index (χ3n) is 2.62. The monoisotopic (exact) mass is 232 g/mol. The first kappa shape index (κ1) is 14.6. The molecule has 0 aromatic carbocycles. The second-order valence-corrected chi connectivity index (χ2v) is 4.05. The Hall–Kier alpha value is -1.43. The molecule has 6 heteroatoms. The Labute approximate surface area is 92.9 Å². The fourth-order valence-corrected chi connectivity index (χ4v) is 1.58. The first-order valence-corrected chi connectivity index (χ1v) is 4.82. The molecule has 2 unspecified atom stereocenters. The van der Waals surface area contributed by atoms with Crippen LogP contribution in [0.4, 0.5) is 0 Å². The lowest BCUT2D eigenvalue weighted by Crippen LogP contribution is -2.53. The van der Waals surface area contributed by atoms with Crippen molar-refractivity contribution in [2.45, 2.75) is 32.8 Å². The van der Waals surface area contributed by atoms with E-state index < -0.39 is 41.6 Å². The maximum absolute atomic E-state index is 11.2. The largest absolute Gasteiger partial charge is 0.481 e. The predicted molar refractivity (Wildman–Crippen MR) is 53.8 cm³/mol. The highest BCUT2D eigenvalue weighted by Gasteiger charge is 2.49. The Balaban J connectivity index is 5.35. The van der Waals surface area contributed by atoms with Crippen molar-refractivity contribution < 1.29 is 29.7 Å². The lowest BCUT2D eigenvalue weighted by molar-refractivity contribution is -0.176. The van der Waals surface area contributed by atoms with E-state index in [1.54, 1.807) is 0 Å². The van der Waals surface area contributed by atoms with Gasteiger partial charge in [0.2, 0.25) is 0 Å². The Kier molecular flexibility index (Phi) is 4.61. The molecule has 16 heavy (non-hydrogen) atoms. The quantitative estimate of drug-likeness (QED) is 0.600. The van der Waals surface area contributed by atoms with Crippen LogP contribution in [0.15, 0.2) is 0 Å². The van der Waals surface area contributed by atoms with Crippen LogP contribution in [-0.4, -0.2) is 38.6 Å². The van der Waals surface area contributed by atoms with Gasteiger partial charge in [-0.3, -0.25) is 9.59 Å². The molecule has 0 fully saturated rings. The zero-order valence-electron chi connectivity index (χ0n) is 9.43. The summed E-state index contributed by atoms with van der Waals surface area (Å²) in [6.07, 6.45) is -0.698. The highest BCUT2D eigenvalue weighted by molar-refractivity contribution is 5.91. The summed E-state index contributed by atoms with van der Waals surface area (Å²) in [6, 6.07) is 0. The van der Waals surface area contributed by atoms with Crippen molar-refractivity contribution in [1.29, 1.82) is 0 Å². The van der Waals surface area contributed by atoms with E-state index in [9.17, 15) is 19.5 Å². The Morgan fingerprint density at radius 3 is 1.81 bits per heavy atom. The first-order chi connectivity index (χ1) is 7.13. The lowest BCUT2D eigenvalue weighted by atomic mass is 9.75. The van der Waals surface area contributed by atoms with Crippen molar-refractivity contribution in [3.05, 3.63) is 0 Å². The maximum atomic E-state index is 11.2. The average molecular weight is 232 g/mol. The minimum absolute atomic E-state index is 0.652. The Morgan fingerprint density at radius 1 is 1.19 bits per heavy atom. The van der Waals surface area contributed by atoms with Gasteiger partial charge in [0, 0.05) is 0 Å². The molecule has 2 atom stereocenters. The number of ketones is 1. The minimum Gasteiger partial charge on any atom is -0.481 e. The summed E-state index contributed by atoms with van der Waals surface area (Å²) in [4.78, 5) is 32.8. The second kappa shape index (κ2) is 5.07. The Morgan fingerprint density at radius 2 is 1.62 bits per heavy atom. The summed E-state index contributed by atoms with van der Waals surface area (Å²) in [6.45, 7) is 3.92. The van der Waals surface area contributed by atoms with E-state index >= 15 is 0 Å². The van der Waals surface area contributed by atoms with Crippen molar-refractivity contribution >= 4 is 17.7 Å². The number of aliphatic carboxylic acids is 2. The molecule has 0 aromatic heterocycles. The molecule has 0 spiro atoms. The molecule has 0 aliphatic carbocycles. The number of Topliss-reactive ketones (excluding diaryl/α,β-unsaturated/α-hetero) is 1. The molecular formula is C10H16O6. The van der Waals surface area contributed by atoms with Crippen molar-refractivity contribution in [2.24, 2.45) is 11.8 Å². The fraction of sp³-hybridized carbons (Fsp3) is 0.700. The molecule has 0 saturated heterocycles. The van der Waals surface area contributed by atoms with Crippen LogP contribution in [0.5, 0.6) is 0 Å². The lowest BCUT2D eigenvalue weighted by Gasteiger charge is -2.33. The molecule has 0 aliphatic rings. The van der Waals surface area contributed by atoms with Crippen molar-refractivity contribution in [3.63, 3.8) is 0 Å². The standard InChI is InChI=1S/C10H16O6/c1-5(2)10(16,9(14)15)7(6(3)11)4-8(12)13/h5,7,16H,4H2,1-3H3,(H,12,13)(H,14,15). The van der Waals surface area contributed by atoms with Crippen LogP contribution in [0.2, 0.25) is 0 Å². The maximum Gasteiger partial charge on any atom is 0.336 e. The topological polar surface area (TPSA) is 112 Å². The van der Waals surface area contributed by atoms with Gasteiger partial charge in [-0.1, -0.05) is 13.8 Å². The van der Waals surface area contributed by atoms with E-state index in [1.807, 2.05) is 0 Å². The predicted octanol–water partition coefficient (Wildman–Crippen LogP) is 0.138. The molecule has 0 rings (SSSR count). The van der Waals surface area contributed by atoms with Crippen LogP contribution < -0.4 is 0 Å². The van der Waals surface area contributed by atoms with Gasteiger partial charge in [-0.2, -0.15) is 0 Å². The van der Waals surface area contributed by atoms with Gasteiger partial charge < -0.3 is 15.3 Å². The summed E-state index contributed by atoms with van der Waals surface area (Å²) in [5, 5.41) is 27.5. The molecule has 0 amide bonds. The molecule has 92 valence electrons. The number of carboxylic acid groups (broad SMARTS) is 2. The SMILES string of the molecule is CC(=O)C(CC(=O)O)C(O)(C(=O)O)C(C)C. The number of hydrogen-bond acceptors (Lipinski definition) is 4. The van der Waals surface area contributed by atoms with Crippen LogP contribution in [0, 0.1) is 11.8 Å². The minimum atomic E-state index is -2.34. The van der Waals surface area contributed by atoms with Crippen LogP contribution in [0.3, 0.4) is 0 Å². The highest BCUT2D eigenvalue weighted by Crippen LogP contribution is 2.30. The number of aliphatic hydroxyl groups is 1. The normalized spacial score (nSPS) is 16.6. The molecule has 0 heterocycles. The second-order valence-electron chi connectivity index (χ2n) is 4.05. The third kappa shape index (κ3) is 2.79. The molecule has 0 radical (unpaired) electrons. The van der Waals surface area contributed by atoms with Gasteiger partial charge in [0.25, 0.3) is 0 Å². The first-order valence-electron chi connectivity index (χ1n) is 4.82. The highest BCUT2D eigenvalue weighted by atomic mass is 16.4. The van der Waals surface area contributed by atoms with Gasteiger partial charge in [-0.15, -0.1) is 0 Å². The van der Waals surface area contributed by atoms with Gasteiger partial charge in [-0.05, 0) is 12.8 Å². The molecule has 0 aromatic rings. The smallest absolute Gasteiger partial charge is 0.336 e. The fourth-order valence-electron chi connectivity index (χ4n) is 1.58. The van der Waals surface area contributed by atoms with E-state index in [-0.39, 0.29) is 0 Å². The van der Waals surface area contributed by atoms with E-state index in [0.29, 0.717) is 0 Å². The van der Waals surface area contributed by atoms with E-state index in [1.165, 1.54) is 13.8 Å². The molecule has 3 N–H and O–H groups in total. The number of carbonyl (C=O) groups excluding carboxylic acids is 1. The van der Waals surface area contributed by atoms with Crippen LogP contribution in [0.25, 0.3) is 0 Å². The Bertz CT molecular complexity index is 308. The van der Waals surface area contributed by atoms with Gasteiger partial charge >= 0.3 is 11.9 Å². The van der Waals surface area contributed by atoms with Gasteiger partial charge in [0.05, 0.1) is 12.3 Å². The summed E-state index contributed by atoms with van der Waals surface area (Å²) in [7, 11) is 0. The van der Waals surface area contributed by atoms with Crippen LogP contribution >= 0.6 is 0 Å².